The Balaban J connectivity index is 1.56. The molecule has 2 aromatic carbocycles. The molecule has 0 bridgehead atoms. The number of nitrogens with one attached hydrogen (secondary N) is 3. The third-order valence-corrected chi connectivity index (χ3v) is 7.65. The summed E-state index contributed by atoms with van der Waals surface area (Å²) >= 11 is 1.61. The molecule has 0 spiro atoms. The molecule has 1 aromatic heterocycles. The van der Waals surface area contributed by atoms with E-state index in [-0.39, 0.29) is 24.5 Å². The summed E-state index contributed by atoms with van der Waals surface area (Å²) < 4.78 is 46.3. The van der Waals surface area contributed by atoms with Crippen LogP contribution in [0.15, 0.2) is 47.5 Å². The number of anilines is 2. The summed E-state index contributed by atoms with van der Waals surface area (Å²) in [5.41, 5.74) is 2.02. The lowest BCUT2D eigenvalue weighted by atomic mass is 9.94. The summed E-state index contributed by atoms with van der Waals surface area (Å²) in [6.45, 7) is 3.00. The first-order valence-electron chi connectivity index (χ1n) is 13.0. The van der Waals surface area contributed by atoms with Crippen LogP contribution in [0.2, 0.25) is 0 Å². The summed E-state index contributed by atoms with van der Waals surface area (Å²) in [5.74, 6) is 7.02. The second kappa shape index (κ2) is 12.8. The number of benzene rings is 2. The van der Waals surface area contributed by atoms with Gasteiger partial charge in [0.1, 0.15) is 12.3 Å². The van der Waals surface area contributed by atoms with Gasteiger partial charge >= 0.3 is 12.2 Å². The molecule has 1 aliphatic heterocycles. The van der Waals surface area contributed by atoms with E-state index < -0.39 is 12.7 Å². The quantitative estimate of drug-likeness (QED) is 0.244. The molecular weight excluding hydrogens is 539 g/mol. The molecule has 214 valence electrons. The highest BCUT2D eigenvalue weighted by molar-refractivity contribution is 7.98. The maximum absolute atomic E-state index is 13.3. The highest BCUT2D eigenvalue weighted by Crippen LogP contribution is 2.30. The molecule has 2 heterocycles. The molecule has 40 heavy (non-hydrogen) atoms. The number of likely N-dealkylation sites (tertiary alicyclic amines) is 1. The van der Waals surface area contributed by atoms with Gasteiger partial charge in [-0.3, -0.25) is 0 Å². The number of hydrogen-bond acceptors (Lipinski definition) is 5. The van der Waals surface area contributed by atoms with Gasteiger partial charge in [-0.1, -0.05) is 18.8 Å². The molecule has 2 amide bonds. The molecular formula is C29H34F3N5O2S. The number of urea groups is 1. The first kappa shape index (κ1) is 29.5. The molecule has 0 saturated carbocycles. The van der Waals surface area contributed by atoms with Gasteiger partial charge in [0.25, 0.3) is 0 Å². The minimum Gasteiger partial charge on any atom is -0.495 e. The molecule has 1 aliphatic rings. The second-order valence-electron chi connectivity index (χ2n) is 9.97. The normalized spacial score (nSPS) is 17.7. The van der Waals surface area contributed by atoms with Crippen LogP contribution >= 0.6 is 11.8 Å². The zero-order valence-electron chi connectivity index (χ0n) is 23.0. The van der Waals surface area contributed by atoms with Gasteiger partial charge in [0.2, 0.25) is 0 Å². The van der Waals surface area contributed by atoms with Gasteiger partial charge < -0.3 is 30.2 Å². The fourth-order valence-corrected chi connectivity index (χ4v) is 5.36. The maximum Gasteiger partial charge on any atom is 0.406 e. The average molecular weight is 574 g/mol. The highest BCUT2D eigenvalue weighted by atomic mass is 32.2. The van der Waals surface area contributed by atoms with E-state index in [9.17, 15) is 18.0 Å². The number of ether oxygens (including phenoxy) is 1. The first-order valence-corrected chi connectivity index (χ1v) is 14.2. The van der Waals surface area contributed by atoms with Crippen molar-refractivity contribution >= 4 is 40.1 Å². The molecule has 0 aliphatic carbocycles. The van der Waals surface area contributed by atoms with Gasteiger partial charge in [0.15, 0.2) is 0 Å². The van der Waals surface area contributed by atoms with Crippen molar-refractivity contribution in [3.05, 3.63) is 48.2 Å². The first-order chi connectivity index (χ1) is 19.1. The fraction of sp³-hybridized carbons (Fsp3) is 0.414. The van der Waals surface area contributed by atoms with Crippen LogP contribution in [-0.2, 0) is 6.54 Å². The van der Waals surface area contributed by atoms with Crippen LogP contribution in [0, 0.1) is 17.8 Å². The van der Waals surface area contributed by atoms with Crippen molar-refractivity contribution in [3.8, 4) is 17.6 Å². The Kier molecular flexibility index (Phi) is 9.43. The molecule has 1 saturated heterocycles. The van der Waals surface area contributed by atoms with E-state index in [1.165, 1.54) is 6.20 Å². The van der Waals surface area contributed by atoms with Crippen molar-refractivity contribution in [2.75, 3.05) is 50.7 Å². The van der Waals surface area contributed by atoms with Gasteiger partial charge in [0.05, 0.1) is 30.5 Å². The van der Waals surface area contributed by atoms with Crippen molar-refractivity contribution in [1.29, 1.82) is 0 Å². The summed E-state index contributed by atoms with van der Waals surface area (Å²) in [6, 6.07) is 10.3. The Morgan fingerprint density at radius 2 is 2.00 bits per heavy atom. The Labute approximate surface area is 236 Å². The van der Waals surface area contributed by atoms with Crippen LogP contribution in [-0.4, -0.2) is 67.8 Å². The number of thioether (sulfide) groups is 1. The van der Waals surface area contributed by atoms with E-state index in [2.05, 4.69) is 46.7 Å². The summed E-state index contributed by atoms with van der Waals surface area (Å²) in [6.07, 6.45) is -0.204. The third-order valence-electron chi connectivity index (χ3n) is 6.92. The van der Waals surface area contributed by atoms with Crippen molar-refractivity contribution in [3.63, 3.8) is 0 Å². The SMILES string of the molecule is COc1cc(SC)ccc1NCC#Cc1cc(NC(=O)NC2CCN(C)CC2C)c2ccn(CC(F)(F)F)c2c1. The monoisotopic (exact) mass is 573 g/mol. The lowest BCUT2D eigenvalue weighted by Gasteiger charge is -2.35. The molecule has 3 N–H and O–H groups in total. The fourth-order valence-electron chi connectivity index (χ4n) is 4.93. The maximum atomic E-state index is 13.3. The van der Waals surface area contributed by atoms with Gasteiger partial charge in [-0.05, 0) is 68.6 Å². The van der Waals surface area contributed by atoms with Crippen LogP contribution in [0.4, 0.5) is 29.3 Å². The smallest absolute Gasteiger partial charge is 0.406 e. The van der Waals surface area contributed by atoms with Gasteiger partial charge in [-0.25, -0.2) is 4.79 Å². The Hall–Kier alpha value is -3.49. The van der Waals surface area contributed by atoms with E-state index in [1.807, 2.05) is 24.5 Å². The van der Waals surface area contributed by atoms with E-state index in [1.54, 1.807) is 37.1 Å². The number of fused-ring (bicyclic) bond motifs is 1. The highest BCUT2D eigenvalue weighted by Gasteiger charge is 2.29. The summed E-state index contributed by atoms with van der Waals surface area (Å²) in [4.78, 5) is 16.2. The van der Waals surface area contributed by atoms with Gasteiger partial charge in [-0.15, -0.1) is 11.8 Å². The van der Waals surface area contributed by atoms with Crippen molar-refractivity contribution in [1.82, 2.24) is 14.8 Å². The molecule has 3 aromatic rings. The lowest BCUT2D eigenvalue weighted by molar-refractivity contribution is -0.139. The van der Waals surface area contributed by atoms with Crippen molar-refractivity contribution in [2.24, 2.45) is 5.92 Å². The topological polar surface area (TPSA) is 70.6 Å². The predicted octanol–water partition coefficient (Wildman–Crippen LogP) is 5.86. The number of piperidine rings is 1. The number of rotatable bonds is 7. The summed E-state index contributed by atoms with van der Waals surface area (Å²) in [5, 5.41) is 9.62. The minimum absolute atomic E-state index is 0.0116. The number of halogens is 3. The third kappa shape index (κ3) is 7.58. The number of hydrogen-bond donors (Lipinski definition) is 3. The van der Waals surface area contributed by atoms with E-state index in [4.69, 9.17) is 4.74 Å². The van der Waals surface area contributed by atoms with E-state index in [0.717, 1.165) is 34.7 Å². The molecule has 7 nitrogen and oxygen atoms in total. The minimum atomic E-state index is -4.39. The largest absolute Gasteiger partial charge is 0.495 e. The van der Waals surface area contributed by atoms with Crippen LogP contribution in [0.1, 0.15) is 18.9 Å². The number of methoxy groups -OCH3 is 1. The van der Waals surface area contributed by atoms with Crippen LogP contribution in [0.3, 0.4) is 0 Å². The van der Waals surface area contributed by atoms with Crippen LogP contribution in [0.25, 0.3) is 10.9 Å². The number of carbonyl (C=O) groups excluding carboxylic acids is 1. The zero-order chi connectivity index (χ0) is 28.9. The van der Waals surface area contributed by atoms with Crippen LogP contribution in [0.5, 0.6) is 5.75 Å². The van der Waals surface area contributed by atoms with E-state index in [0.29, 0.717) is 27.9 Å². The van der Waals surface area contributed by atoms with Crippen LogP contribution < -0.4 is 20.7 Å². The molecule has 2 atom stereocenters. The number of aromatic nitrogens is 1. The second-order valence-corrected chi connectivity index (χ2v) is 10.8. The number of amides is 2. The molecule has 1 fully saturated rings. The predicted molar refractivity (Wildman–Crippen MR) is 155 cm³/mol. The van der Waals surface area contributed by atoms with E-state index >= 15 is 0 Å². The Bertz CT molecular complexity index is 1410. The zero-order valence-corrected chi connectivity index (χ0v) is 23.8. The Morgan fingerprint density at radius 1 is 1.20 bits per heavy atom. The standard InChI is InChI=1S/C29H34F3N5O2S/c1-19-17-36(2)12-10-23(19)34-28(38)35-25-14-20(15-26-22(25)9-13-37(26)18-29(30,31)32)6-5-11-33-24-8-7-21(40-4)16-27(24)39-3/h7-9,13-16,19,23,33H,10-12,17-18H2,1-4H3,(H2,34,35,38). The summed E-state index contributed by atoms with van der Waals surface area (Å²) in [7, 11) is 3.65. The van der Waals surface area contributed by atoms with Crippen molar-refractivity contribution in [2.45, 2.75) is 37.0 Å². The molecule has 0 radical (unpaired) electrons. The number of nitrogens with zero attached hydrogens (tertiary/aromatic N) is 2. The number of carbonyl (C=O) groups is 1. The number of alkyl halides is 3. The average Bonchev–Trinajstić information content (AvgIpc) is 3.29. The molecule has 11 heteroatoms. The Morgan fingerprint density at radius 3 is 2.70 bits per heavy atom. The van der Waals surface area contributed by atoms with Gasteiger partial charge in [0, 0.05) is 34.6 Å². The van der Waals surface area contributed by atoms with Gasteiger partial charge in [-0.2, -0.15) is 13.2 Å². The van der Waals surface area contributed by atoms with Crippen molar-refractivity contribution < 1.29 is 22.7 Å². The molecule has 4 rings (SSSR count). The lowest BCUT2D eigenvalue weighted by Crippen LogP contribution is -2.49. The molecule has 2 unspecified atom stereocenters.